The first kappa shape index (κ1) is 19.2. The standard InChI is InChI=1S/C21H18F2N4OS/c1-27-12-19-15(8-10-18(26-29(19)24)13-5-3-2-4-6-13)20(27)21(28)25-14-7-9-16(22)17(23)11-14/h2-12,18H,1H3,(H2,24,26)(H,25,28)/t18-,29?/m0/s1. The topological polar surface area (TPSA) is 69.9 Å². The number of rotatable bonds is 3. The monoisotopic (exact) mass is 412 g/mol. The first-order chi connectivity index (χ1) is 13.9. The molecule has 148 valence electrons. The van der Waals surface area contributed by atoms with E-state index in [9.17, 15) is 13.6 Å². The smallest absolute Gasteiger partial charge is 0.272 e. The summed E-state index contributed by atoms with van der Waals surface area (Å²) in [5, 5.41) is 2.60. The molecule has 0 bridgehead atoms. The van der Waals surface area contributed by atoms with Crippen LogP contribution in [0.1, 0.15) is 27.7 Å². The van der Waals surface area contributed by atoms with Crippen LogP contribution in [0.3, 0.4) is 0 Å². The van der Waals surface area contributed by atoms with Crippen molar-refractivity contribution in [1.29, 1.82) is 4.78 Å². The molecule has 0 fully saturated rings. The zero-order valence-corrected chi connectivity index (χ0v) is 16.3. The molecule has 0 radical (unpaired) electrons. The minimum Gasteiger partial charge on any atom is -0.345 e. The number of hydrogen-bond acceptors (Lipinski definition) is 2. The summed E-state index contributed by atoms with van der Waals surface area (Å²) < 4.78 is 40.0. The normalized spacial score (nSPS) is 18.2. The fraction of sp³-hybridized carbons (Fsp3) is 0.0952. The highest BCUT2D eigenvalue weighted by Crippen LogP contribution is 2.29. The lowest BCUT2D eigenvalue weighted by molar-refractivity contribution is 0.101. The fourth-order valence-electron chi connectivity index (χ4n) is 3.25. The van der Waals surface area contributed by atoms with Gasteiger partial charge < -0.3 is 9.88 Å². The van der Waals surface area contributed by atoms with Gasteiger partial charge in [-0.2, -0.15) is 0 Å². The lowest BCUT2D eigenvalue weighted by Crippen LogP contribution is -2.20. The molecule has 0 spiro atoms. The van der Waals surface area contributed by atoms with Gasteiger partial charge in [0.25, 0.3) is 5.91 Å². The number of fused-ring (bicyclic) bond motifs is 1. The summed E-state index contributed by atoms with van der Waals surface area (Å²) in [4.78, 5) is 13.6. The van der Waals surface area contributed by atoms with E-state index in [1.807, 2.05) is 42.5 Å². The molecular weight excluding hydrogens is 394 g/mol. The number of amides is 1. The van der Waals surface area contributed by atoms with E-state index in [1.54, 1.807) is 17.8 Å². The van der Waals surface area contributed by atoms with E-state index < -0.39 is 28.4 Å². The highest BCUT2D eigenvalue weighted by Gasteiger charge is 2.24. The molecule has 1 unspecified atom stereocenters. The van der Waals surface area contributed by atoms with Crippen LogP contribution < -0.4 is 10.0 Å². The molecule has 1 amide bonds. The number of benzene rings is 2. The summed E-state index contributed by atoms with van der Waals surface area (Å²) in [5.41, 5.74) is 2.17. The molecule has 2 heterocycles. The van der Waals surface area contributed by atoms with Crippen LogP contribution in [-0.2, 0) is 17.9 Å². The third kappa shape index (κ3) is 3.76. The molecule has 8 heteroatoms. The maximum atomic E-state index is 13.5. The quantitative estimate of drug-likeness (QED) is 0.590. The van der Waals surface area contributed by atoms with Crippen molar-refractivity contribution in [3.05, 3.63) is 89.3 Å². The van der Waals surface area contributed by atoms with Crippen LogP contribution >= 0.6 is 0 Å². The highest BCUT2D eigenvalue weighted by molar-refractivity contribution is 7.84. The van der Waals surface area contributed by atoms with Crippen molar-refractivity contribution in [2.45, 2.75) is 10.9 Å². The fourth-order valence-corrected chi connectivity index (χ4v) is 4.49. The Morgan fingerprint density at radius 3 is 2.66 bits per heavy atom. The lowest BCUT2D eigenvalue weighted by atomic mass is 10.1. The highest BCUT2D eigenvalue weighted by atomic mass is 32.2. The Balaban J connectivity index is 1.68. The number of hydrogen-bond donors (Lipinski definition) is 3. The Bertz CT molecular complexity index is 1140. The molecule has 0 aliphatic carbocycles. The van der Waals surface area contributed by atoms with Gasteiger partial charge in [0.05, 0.1) is 10.9 Å². The zero-order valence-electron chi connectivity index (χ0n) is 15.4. The van der Waals surface area contributed by atoms with Gasteiger partial charge in [0.15, 0.2) is 11.6 Å². The van der Waals surface area contributed by atoms with Crippen molar-refractivity contribution in [1.82, 2.24) is 9.29 Å². The molecule has 3 aromatic rings. The average molecular weight is 412 g/mol. The number of anilines is 1. The minimum absolute atomic E-state index is 0.156. The molecule has 29 heavy (non-hydrogen) atoms. The van der Waals surface area contributed by atoms with E-state index in [4.69, 9.17) is 4.78 Å². The van der Waals surface area contributed by atoms with Crippen LogP contribution in [0.25, 0.3) is 6.08 Å². The third-order valence-corrected chi connectivity index (χ3v) is 5.91. The Kier molecular flexibility index (Phi) is 5.12. The largest absolute Gasteiger partial charge is 0.345 e. The molecule has 1 aliphatic rings. The second-order valence-corrected chi connectivity index (χ2v) is 7.91. The molecule has 1 aromatic heterocycles. The number of halogens is 2. The van der Waals surface area contributed by atoms with Gasteiger partial charge in [-0.3, -0.25) is 9.57 Å². The maximum absolute atomic E-state index is 13.5. The number of carbonyl (C=O) groups is 1. The van der Waals surface area contributed by atoms with Crippen molar-refractivity contribution in [3.8, 4) is 0 Å². The van der Waals surface area contributed by atoms with Crippen molar-refractivity contribution in [3.63, 3.8) is 0 Å². The van der Waals surface area contributed by atoms with Crippen LogP contribution in [0.5, 0.6) is 0 Å². The molecule has 2 aromatic carbocycles. The van der Waals surface area contributed by atoms with Gasteiger partial charge in [-0.15, -0.1) is 0 Å². The van der Waals surface area contributed by atoms with E-state index in [-0.39, 0.29) is 11.7 Å². The van der Waals surface area contributed by atoms with Gasteiger partial charge in [-0.05, 0) is 28.6 Å². The third-order valence-electron chi connectivity index (χ3n) is 4.66. The van der Waals surface area contributed by atoms with E-state index in [0.717, 1.165) is 17.7 Å². The van der Waals surface area contributed by atoms with Crippen LogP contribution in [0, 0.1) is 16.4 Å². The lowest BCUT2D eigenvalue weighted by Gasteiger charge is -2.14. The molecular formula is C21H18F2N4OS. The van der Waals surface area contributed by atoms with Gasteiger partial charge in [0, 0.05) is 30.6 Å². The van der Waals surface area contributed by atoms with Gasteiger partial charge in [-0.1, -0.05) is 42.5 Å². The second-order valence-electron chi connectivity index (χ2n) is 6.62. The minimum atomic E-state index is -1.05. The predicted molar refractivity (Wildman–Crippen MR) is 109 cm³/mol. The second kappa shape index (κ2) is 7.73. The number of carbonyl (C=O) groups excluding carboxylic acids is 1. The van der Waals surface area contributed by atoms with E-state index in [1.165, 1.54) is 6.07 Å². The van der Waals surface area contributed by atoms with Gasteiger partial charge in [0.1, 0.15) is 5.69 Å². The van der Waals surface area contributed by atoms with E-state index in [0.29, 0.717) is 16.2 Å². The summed E-state index contributed by atoms with van der Waals surface area (Å²) in [6.07, 6.45) is 5.50. The number of aromatic nitrogens is 1. The Hall–Kier alpha value is -3.10. The van der Waals surface area contributed by atoms with Crippen molar-refractivity contribution < 1.29 is 13.6 Å². The molecule has 4 rings (SSSR count). The molecule has 3 N–H and O–H groups in total. The number of nitrogens with one attached hydrogen (secondary N) is 3. The maximum Gasteiger partial charge on any atom is 0.272 e. The number of nitrogens with zero attached hydrogens (tertiary/aromatic N) is 1. The molecule has 2 atom stereocenters. The molecule has 1 aliphatic heterocycles. The zero-order chi connectivity index (χ0) is 20.5. The molecule has 5 nitrogen and oxygen atoms in total. The van der Waals surface area contributed by atoms with Gasteiger partial charge in [0.2, 0.25) is 0 Å². The summed E-state index contributed by atoms with van der Waals surface area (Å²) in [5.74, 6) is -2.47. The van der Waals surface area contributed by atoms with Crippen molar-refractivity contribution in [2.24, 2.45) is 7.05 Å². The van der Waals surface area contributed by atoms with Crippen LogP contribution in [-0.4, -0.2) is 10.5 Å². The van der Waals surface area contributed by atoms with Gasteiger partial charge >= 0.3 is 0 Å². The summed E-state index contributed by atoms with van der Waals surface area (Å²) in [7, 11) is 0.672. The van der Waals surface area contributed by atoms with Crippen LogP contribution in [0.15, 0.2) is 65.7 Å². The van der Waals surface area contributed by atoms with Crippen LogP contribution in [0.2, 0.25) is 0 Å². The van der Waals surface area contributed by atoms with Crippen molar-refractivity contribution >= 4 is 28.5 Å². The molecule has 0 saturated heterocycles. The Labute approximate surface area is 169 Å². The van der Waals surface area contributed by atoms with Gasteiger partial charge in [-0.25, -0.2) is 13.5 Å². The van der Waals surface area contributed by atoms with Crippen molar-refractivity contribution in [2.75, 3.05) is 5.32 Å². The first-order valence-corrected chi connectivity index (χ1v) is 10.1. The number of aryl methyl sites for hydroxylation is 1. The SMILES string of the molecule is Cn1cc2c(c1C(=O)Nc1ccc(F)c(F)c1)C=C[C@@H](c1ccccc1)NS2=N. The Morgan fingerprint density at radius 1 is 1.17 bits per heavy atom. The summed E-state index contributed by atoms with van der Waals surface area (Å²) in [6, 6.07) is 12.8. The summed E-state index contributed by atoms with van der Waals surface area (Å²) in [6.45, 7) is 0. The first-order valence-electron chi connectivity index (χ1n) is 8.84. The Morgan fingerprint density at radius 2 is 1.93 bits per heavy atom. The average Bonchev–Trinajstić information content (AvgIpc) is 2.96. The van der Waals surface area contributed by atoms with E-state index >= 15 is 0 Å². The molecule has 0 saturated carbocycles. The predicted octanol–water partition coefficient (Wildman–Crippen LogP) is 4.57. The summed E-state index contributed by atoms with van der Waals surface area (Å²) >= 11 is 0. The van der Waals surface area contributed by atoms with Crippen LogP contribution in [0.4, 0.5) is 14.5 Å². The van der Waals surface area contributed by atoms with E-state index in [2.05, 4.69) is 10.0 Å².